The fraction of sp³-hybridized carbons (Fsp3) is 0.727. The van der Waals surface area contributed by atoms with Crippen LogP contribution in [0.5, 0.6) is 0 Å². The first kappa shape index (κ1) is 11.7. The molecule has 0 radical (unpaired) electrons. The molecule has 1 heterocycles. The van der Waals surface area contributed by atoms with E-state index in [1.54, 1.807) is 20.0 Å². The second-order valence-corrected chi connectivity index (χ2v) is 5.09. The molecule has 0 saturated heterocycles. The topological polar surface area (TPSA) is 32.6 Å². The van der Waals surface area contributed by atoms with Gasteiger partial charge in [-0.1, -0.05) is 6.92 Å². The molecule has 1 aliphatic heterocycles. The Hall–Kier alpha value is -0.340. The number of aliphatic hydroxyl groups is 1. The van der Waals surface area contributed by atoms with Crippen LogP contribution in [0.1, 0.15) is 40.0 Å². The number of aliphatic imine (C=N–C) groups is 1. The van der Waals surface area contributed by atoms with Crippen LogP contribution in [0.25, 0.3) is 0 Å². The number of rotatable bonds is 4. The summed E-state index contributed by atoms with van der Waals surface area (Å²) < 4.78 is 0. The highest BCUT2D eigenvalue weighted by Crippen LogP contribution is 2.33. The van der Waals surface area contributed by atoms with Crippen molar-refractivity contribution in [2.24, 2.45) is 4.99 Å². The van der Waals surface area contributed by atoms with E-state index in [9.17, 15) is 5.11 Å². The van der Waals surface area contributed by atoms with E-state index in [-0.39, 0.29) is 0 Å². The van der Waals surface area contributed by atoms with Crippen molar-refractivity contribution in [3.8, 4) is 0 Å². The SMILES string of the molecule is CCC1=NC=CC1(Cl)CCC(C)(C)O. The standard InChI is InChI=1S/C11H18ClNO/c1-4-9-11(12,7-8-13-9)6-5-10(2,3)14/h7-8,14H,4-6H2,1-3H3. The fourth-order valence-corrected chi connectivity index (χ4v) is 1.88. The van der Waals surface area contributed by atoms with Crippen LogP contribution in [-0.4, -0.2) is 21.3 Å². The summed E-state index contributed by atoms with van der Waals surface area (Å²) in [6.07, 6.45) is 5.96. The third-order valence-electron chi connectivity index (χ3n) is 2.48. The Morgan fingerprint density at radius 2 is 2.21 bits per heavy atom. The van der Waals surface area contributed by atoms with Gasteiger partial charge in [0.25, 0.3) is 0 Å². The van der Waals surface area contributed by atoms with Gasteiger partial charge in [-0.2, -0.15) is 0 Å². The van der Waals surface area contributed by atoms with Gasteiger partial charge in [0.05, 0.1) is 5.60 Å². The monoisotopic (exact) mass is 215 g/mol. The van der Waals surface area contributed by atoms with Gasteiger partial charge >= 0.3 is 0 Å². The van der Waals surface area contributed by atoms with Gasteiger partial charge in [-0.15, -0.1) is 11.6 Å². The summed E-state index contributed by atoms with van der Waals surface area (Å²) in [5, 5.41) is 9.63. The fourth-order valence-electron chi connectivity index (χ4n) is 1.55. The maximum absolute atomic E-state index is 9.63. The Bertz CT molecular complexity index is 265. The second kappa shape index (κ2) is 4.03. The van der Waals surface area contributed by atoms with E-state index in [0.29, 0.717) is 6.42 Å². The van der Waals surface area contributed by atoms with Crippen LogP contribution in [0, 0.1) is 0 Å². The largest absolute Gasteiger partial charge is 0.390 e. The minimum atomic E-state index is -0.656. The number of hydrogen-bond donors (Lipinski definition) is 1. The maximum Gasteiger partial charge on any atom is 0.102 e. The first-order valence-corrected chi connectivity index (χ1v) is 5.41. The predicted molar refractivity (Wildman–Crippen MR) is 61.0 cm³/mol. The molecule has 2 nitrogen and oxygen atoms in total. The summed E-state index contributed by atoms with van der Waals surface area (Å²) in [7, 11) is 0. The molecule has 0 saturated carbocycles. The molecule has 0 aromatic carbocycles. The van der Waals surface area contributed by atoms with E-state index < -0.39 is 10.5 Å². The number of allylic oxidation sites excluding steroid dienone is 1. The van der Waals surface area contributed by atoms with Gasteiger partial charge in [-0.05, 0) is 39.2 Å². The van der Waals surface area contributed by atoms with Crippen molar-refractivity contribution < 1.29 is 5.11 Å². The zero-order valence-electron chi connectivity index (χ0n) is 9.05. The number of hydrogen-bond acceptors (Lipinski definition) is 2. The second-order valence-electron chi connectivity index (χ2n) is 4.42. The number of alkyl halides is 1. The lowest BCUT2D eigenvalue weighted by Crippen LogP contribution is -2.31. The highest BCUT2D eigenvalue weighted by Gasteiger charge is 2.33. The molecule has 1 atom stereocenters. The van der Waals surface area contributed by atoms with Crippen LogP contribution in [0.3, 0.4) is 0 Å². The van der Waals surface area contributed by atoms with Crippen molar-refractivity contribution in [3.63, 3.8) is 0 Å². The van der Waals surface area contributed by atoms with Crippen LogP contribution in [0.2, 0.25) is 0 Å². The summed E-state index contributed by atoms with van der Waals surface area (Å²) in [6.45, 7) is 5.65. The zero-order chi connectivity index (χ0) is 10.8. The predicted octanol–water partition coefficient (Wildman–Crippen LogP) is 2.89. The highest BCUT2D eigenvalue weighted by molar-refractivity contribution is 6.38. The van der Waals surface area contributed by atoms with Crippen molar-refractivity contribution >= 4 is 17.3 Å². The molecular formula is C11H18ClNO. The van der Waals surface area contributed by atoms with E-state index >= 15 is 0 Å². The van der Waals surface area contributed by atoms with Gasteiger partial charge in [-0.3, -0.25) is 4.99 Å². The number of halogens is 1. The van der Waals surface area contributed by atoms with Gasteiger partial charge in [0.15, 0.2) is 0 Å². The smallest absolute Gasteiger partial charge is 0.102 e. The third kappa shape index (κ3) is 2.82. The molecule has 1 unspecified atom stereocenters. The van der Waals surface area contributed by atoms with Crippen molar-refractivity contribution in [1.82, 2.24) is 0 Å². The van der Waals surface area contributed by atoms with E-state index in [1.807, 2.05) is 13.0 Å². The minimum Gasteiger partial charge on any atom is -0.390 e. The average molecular weight is 216 g/mol. The maximum atomic E-state index is 9.63. The molecule has 0 amide bonds. The Labute approximate surface area is 90.7 Å². The molecule has 0 aliphatic carbocycles. The lowest BCUT2D eigenvalue weighted by molar-refractivity contribution is 0.0682. The van der Waals surface area contributed by atoms with E-state index in [2.05, 4.69) is 4.99 Å². The molecule has 0 spiro atoms. The van der Waals surface area contributed by atoms with Crippen LogP contribution in [-0.2, 0) is 0 Å². The van der Waals surface area contributed by atoms with Crippen LogP contribution in [0.4, 0.5) is 0 Å². The van der Waals surface area contributed by atoms with Crippen molar-refractivity contribution in [3.05, 3.63) is 12.3 Å². The molecule has 0 aromatic rings. The van der Waals surface area contributed by atoms with Gasteiger partial charge in [0, 0.05) is 11.9 Å². The lowest BCUT2D eigenvalue weighted by atomic mass is 9.91. The van der Waals surface area contributed by atoms with Gasteiger partial charge in [-0.25, -0.2) is 0 Å². The van der Waals surface area contributed by atoms with Crippen molar-refractivity contribution in [2.45, 2.75) is 50.5 Å². The molecule has 3 heteroatoms. The molecule has 0 aromatic heterocycles. The van der Waals surface area contributed by atoms with Gasteiger partial charge in [0.2, 0.25) is 0 Å². The Morgan fingerprint density at radius 1 is 1.57 bits per heavy atom. The number of nitrogens with zero attached hydrogens (tertiary/aromatic N) is 1. The molecule has 80 valence electrons. The Kier molecular flexibility index (Phi) is 3.38. The molecule has 1 rings (SSSR count). The van der Waals surface area contributed by atoms with Gasteiger partial charge < -0.3 is 5.11 Å². The summed E-state index contributed by atoms with van der Waals surface area (Å²) in [6, 6.07) is 0. The molecule has 1 aliphatic rings. The summed E-state index contributed by atoms with van der Waals surface area (Å²) in [4.78, 5) is 3.78. The van der Waals surface area contributed by atoms with Crippen LogP contribution in [0.15, 0.2) is 17.3 Å². The van der Waals surface area contributed by atoms with Crippen molar-refractivity contribution in [2.75, 3.05) is 0 Å². The zero-order valence-corrected chi connectivity index (χ0v) is 9.80. The Morgan fingerprint density at radius 3 is 2.71 bits per heavy atom. The minimum absolute atomic E-state index is 0.450. The van der Waals surface area contributed by atoms with Crippen LogP contribution >= 0.6 is 11.6 Å². The average Bonchev–Trinajstić information content (AvgIpc) is 2.43. The molecular weight excluding hydrogens is 198 g/mol. The summed E-state index contributed by atoms with van der Waals surface area (Å²) >= 11 is 6.41. The highest BCUT2D eigenvalue weighted by atomic mass is 35.5. The summed E-state index contributed by atoms with van der Waals surface area (Å²) in [5.74, 6) is 0. The normalized spacial score (nSPS) is 26.8. The molecule has 0 fully saturated rings. The summed E-state index contributed by atoms with van der Waals surface area (Å²) in [5.41, 5.74) is 0.348. The quantitative estimate of drug-likeness (QED) is 0.719. The van der Waals surface area contributed by atoms with Crippen molar-refractivity contribution in [1.29, 1.82) is 0 Å². The first-order chi connectivity index (χ1) is 6.37. The van der Waals surface area contributed by atoms with E-state index in [0.717, 1.165) is 18.6 Å². The molecule has 0 bridgehead atoms. The van der Waals surface area contributed by atoms with Gasteiger partial charge in [0.1, 0.15) is 4.87 Å². The first-order valence-electron chi connectivity index (χ1n) is 5.03. The van der Waals surface area contributed by atoms with Crippen LogP contribution < -0.4 is 0 Å². The van der Waals surface area contributed by atoms with E-state index in [4.69, 9.17) is 11.6 Å². The Balaban J connectivity index is 2.59. The molecule has 14 heavy (non-hydrogen) atoms. The third-order valence-corrected chi connectivity index (χ3v) is 3.02. The molecule has 1 N–H and O–H groups in total. The van der Waals surface area contributed by atoms with E-state index in [1.165, 1.54) is 0 Å². The lowest BCUT2D eigenvalue weighted by Gasteiger charge is -2.25.